The van der Waals surface area contributed by atoms with Crippen molar-refractivity contribution in [1.82, 2.24) is 15.5 Å². The van der Waals surface area contributed by atoms with Crippen LogP contribution in [-0.2, 0) is 17.9 Å². The molecule has 0 saturated carbocycles. The van der Waals surface area contributed by atoms with E-state index in [1.165, 1.54) is 0 Å². The number of rotatable bonds is 7. The highest BCUT2D eigenvalue weighted by molar-refractivity contribution is 14.0. The van der Waals surface area contributed by atoms with Gasteiger partial charge in [-0.3, -0.25) is 9.79 Å². The molecule has 0 aliphatic rings. The fraction of sp³-hybridized carbons (Fsp3) is 0.300. The molecule has 0 heterocycles. The van der Waals surface area contributed by atoms with E-state index in [2.05, 4.69) is 15.6 Å². The quantitative estimate of drug-likeness (QED) is 0.346. The molecule has 0 aromatic heterocycles. The molecule has 0 saturated heterocycles. The molecular weight excluding hydrogens is 475 g/mol. The summed E-state index contributed by atoms with van der Waals surface area (Å²) in [6, 6.07) is 17.6. The van der Waals surface area contributed by atoms with Crippen molar-refractivity contribution in [3.63, 3.8) is 0 Å². The minimum atomic E-state index is 0. The number of aliphatic imine (C=N–C) groups is 1. The van der Waals surface area contributed by atoms with Gasteiger partial charge >= 0.3 is 0 Å². The van der Waals surface area contributed by atoms with Crippen molar-refractivity contribution in [1.29, 1.82) is 0 Å². The van der Waals surface area contributed by atoms with Gasteiger partial charge in [-0.2, -0.15) is 0 Å². The van der Waals surface area contributed by atoms with Crippen LogP contribution in [0.5, 0.6) is 0 Å². The Bertz CT molecular complexity index is 740. The van der Waals surface area contributed by atoms with E-state index < -0.39 is 0 Å². The zero-order chi connectivity index (χ0) is 18.8. The van der Waals surface area contributed by atoms with Crippen molar-refractivity contribution in [2.24, 2.45) is 4.99 Å². The summed E-state index contributed by atoms with van der Waals surface area (Å²) in [5.74, 6) is 0.728. The number of halogens is 2. The third-order valence-electron chi connectivity index (χ3n) is 3.91. The summed E-state index contributed by atoms with van der Waals surface area (Å²) in [5.41, 5.74) is 2.12. The molecule has 0 fully saturated rings. The van der Waals surface area contributed by atoms with Crippen LogP contribution >= 0.6 is 35.6 Å². The van der Waals surface area contributed by atoms with Crippen LogP contribution in [0.1, 0.15) is 17.5 Å². The Labute approximate surface area is 183 Å². The third-order valence-corrected chi connectivity index (χ3v) is 4.28. The Kier molecular flexibility index (Phi) is 10.8. The molecule has 0 spiro atoms. The molecule has 1 amide bonds. The van der Waals surface area contributed by atoms with Crippen LogP contribution in [0.3, 0.4) is 0 Å². The van der Waals surface area contributed by atoms with Gasteiger partial charge in [-0.05, 0) is 17.2 Å². The first-order valence-corrected chi connectivity index (χ1v) is 8.93. The molecule has 0 aliphatic heterocycles. The Hall–Kier alpha value is -1.80. The van der Waals surface area contributed by atoms with Crippen molar-refractivity contribution < 1.29 is 4.79 Å². The Morgan fingerprint density at radius 2 is 1.74 bits per heavy atom. The molecule has 0 unspecified atom stereocenters. The normalized spacial score (nSPS) is 10.7. The highest BCUT2D eigenvalue weighted by Crippen LogP contribution is 2.16. The highest BCUT2D eigenvalue weighted by Gasteiger charge is 2.09. The number of hydrogen-bond acceptors (Lipinski definition) is 2. The number of benzene rings is 2. The number of hydrogen-bond donors (Lipinski definition) is 2. The number of nitrogens with one attached hydrogen (secondary N) is 2. The largest absolute Gasteiger partial charge is 0.356 e. The minimum absolute atomic E-state index is 0. The van der Waals surface area contributed by atoms with Gasteiger partial charge in [-0.1, -0.05) is 60.1 Å². The van der Waals surface area contributed by atoms with E-state index in [0.29, 0.717) is 26.1 Å². The lowest BCUT2D eigenvalue weighted by atomic mass is 10.2. The van der Waals surface area contributed by atoms with E-state index in [4.69, 9.17) is 11.6 Å². The molecule has 2 rings (SSSR count). The van der Waals surface area contributed by atoms with E-state index in [1.807, 2.05) is 66.5 Å². The summed E-state index contributed by atoms with van der Waals surface area (Å²) in [6.45, 7) is 1.69. The molecule has 2 N–H and O–H groups in total. The first-order valence-electron chi connectivity index (χ1n) is 8.56. The average molecular weight is 501 g/mol. The summed E-state index contributed by atoms with van der Waals surface area (Å²) in [7, 11) is 3.66. The van der Waals surface area contributed by atoms with Gasteiger partial charge < -0.3 is 15.5 Å². The molecule has 146 valence electrons. The standard InChI is InChI=1S/C20H25ClN4O.HI/c1-22-20(25(2)15-17-10-6-7-11-18(17)21)23-13-12-19(26)24-14-16-8-4-3-5-9-16;/h3-11H,12-15H2,1-2H3,(H,22,23)(H,24,26);1H. The van der Waals surface area contributed by atoms with Crippen LogP contribution in [-0.4, -0.2) is 37.4 Å². The second-order valence-corrected chi connectivity index (χ2v) is 6.34. The van der Waals surface area contributed by atoms with Crippen molar-refractivity contribution >= 4 is 47.4 Å². The second-order valence-electron chi connectivity index (χ2n) is 5.93. The summed E-state index contributed by atoms with van der Waals surface area (Å²) < 4.78 is 0. The fourth-order valence-electron chi connectivity index (χ4n) is 2.51. The van der Waals surface area contributed by atoms with Crippen molar-refractivity contribution in [2.45, 2.75) is 19.5 Å². The van der Waals surface area contributed by atoms with Gasteiger partial charge in [-0.15, -0.1) is 24.0 Å². The third kappa shape index (κ3) is 8.17. The number of amides is 1. The number of guanidine groups is 1. The van der Waals surface area contributed by atoms with E-state index in [0.717, 1.165) is 22.1 Å². The molecule has 0 bridgehead atoms. The maximum Gasteiger partial charge on any atom is 0.222 e. The molecule has 0 radical (unpaired) electrons. The van der Waals surface area contributed by atoms with Crippen molar-refractivity contribution in [3.05, 3.63) is 70.7 Å². The summed E-state index contributed by atoms with van der Waals surface area (Å²) in [4.78, 5) is 18.2. The maximum absolute atomic E-state index is 12.0. The van der Waals surface area contributed by atoms with Crippen LogP contribution < -0.4 is 10.6 Å². The van der Waals surface area contributed by atoms with Gasteiger partial charge in [0.05, 0.1) is 0 Å². The number of nitrogens with zero attached hydrogens (tertiary/aromatic N) is 2. The van der Waals surface area contributed by atoms with Gasteiger partial charge in [0.15, 0.2) is 5.96 Å². The molecule has 27 heavy (non-hydrogen) atoms. The topological polar surface area (TPSA) is 56.7 Å². The number of carbonyl (C=O) groups is 1. The van der Waals surface area contributed by atoms with Crippen LogP contribution in [0.15, 0.2) is 59.6 Å². The Morgan fingerprint density at radius 3 is 2.41 bits per heavy atom. The van der Waals surface area contributed by atoms with Gasteiger partial charge in [0.1, 0.15) is 0 Å². The lowest BCUT2D eigenvalue weighted by Crippen LogP contribution is -2.40. The van der Waals surface area contributed by atoms with Crippen molar-refractivity contribution in [3.8, 4) is 0 Å². The van der Waals surface area contributed by atoms with Gasteiger partial charge in [0, 0.05) is 45.2 Å². The predicted octanol–water partition coefficient (Wildman–Crippen LogP) is 3.67. The predicted molar refractivity (Wildman–Crippen MR) is 123 cm³/mol. The summed E-state index contributed by atoms with van der Waals surface area (Å²) >= 11 is 6.21. The second kappa shape index (κ2) is 12.6. The molecule has 2 aromatic rings. The Balaban J connectivity index is 0.00000364. The maximum atomic E-state index is 12.0. The monoisotopic (exact) mass is 500 g/mol. The van der Waals surface area contributed by atoms with E-state index in [1.54, 1.807) is 7.05 Å². The van der Waals surface area contributed by atoms with Crippen LogP contribution in [0, 0.1) is 0 Å². The van der Waals surface area contributed by atoms with Crippen LogP contribution in [0.4, 0.5) is 0 Å². The smallest absolute Gasteiger partial charge is 0.222 e. The van der Waals surface area contributed by atoms with E-state index >= 15 is 0 Å². The zero-order valence-corrected chi connectivity index (χ0v) is 18.7. The zero-order valence-electron chi connectivity index (χ0n) is 15.6. The molecule has 0 aliphatic carbocycles. The van der Waals surface area contributed by atoms with E-state index in [9.17, 15) is 4.79 Å². The minimum Gasteiger partial charge on any atom is -0.356 e. The van der Waals surface area contributed by atoms with Crippen LogP contribution in [0.25, 0.3) is 0 Å². The molecule has 2 aromatic carbocycles. The Morgan fingerprint density at radius 1 is 1.07 bits per heavy atom. The first kappa shape index (κ1) is 23.2. The lowest BCUT2D eigenvalue weighted by molar-refractivity contribution is -0.121. The summed E-state index contributed by atoms with van der Waals surface area (Å²) in [6.07, 6.45) is 0.381. The molecule has 0 atom stereocenters. The SMILES string of the molecule is CN=C(NCCC(=O)NCc1ccccc1)N(C)Cc1ccccc1Cl.I. The van der Waals surface area contributed by atoms with Gasteiger partial charge in [-0.25, -0.2) is 0 Å². The lowest BCUT2D eigenvalue weighted by Gasteiger charge is -2.22. The van der Waals surface area contributed by atoms with Gasteiger partial charge in [0.2, 0.25) is 5.91 Å². The van der Waals surface area contributed by atoms with Crippen LogP contribution in [0.2, 0.25) is 5.02 Å². The fourth-order valence-corrected chi connectivity index (χ4v) is 2.71. The van der Waals surface area contributed by atoms with Gasteiger partial charge in [0.25, 0.3) is 0 Å². The first-order chi connectivity index (χ1) is 12.6. The molecular formula is C20H26ClIN4O. The summed E-state index contributed by atoms with van der Waals surface area (Å²) in [5, 5.41) is 6.86. The average Bonchev–Trinajstić information content (AvgIpc) is 2.66. The number of carbonyl (C=O) groups excluding carboxylic acids is 1. The highest BCUT2D eigenvalue weighted by atomic mass is 127. The van der Waals surface area contributed by atoms with E-state index in [-0.39, 0.29) is 29.9 Å². The molecule has 5 nitrogen and oxygen atoms in total. The molecule has 7 heteroatoms. The van der Waals surface area contributed by atoms with Crippen molar-refractivity contribution in [2.75, 3.05) is 20.6 Å².